The van der Waals surface area contributed by atoms with Gasteiger partial charge in [0.15, 0.2) is 0 Å². The van der Waals surface area contributed by atoms with Crippen LogP contribution < -0.4 is 31.1 Å². The highest BCUT2D eigenvalue weighted by Crippen LogP contribution is 2.13. The van der Waals surface area contributed by atoms with Crippen LogP contribution in [-0.4, -0.2) is 29.3 Å². The summed E-state index contributed by atoms with van der Waals surface area (Å²) in [5, 5.41) is 0. The lowest BCUT2D eigenvalue weighted by molar-refractivity contribution is -0.138. The maximum atomic E-state index is 11.7. The zero-order valence-electron chi connectivity index (χ0n) is 14.0. The summed E-state index contributed by atoms with van der Waals surface area (Å²) in [7, 11) is 0. The molecule has 0 heterocycles. The van der Waals surface area contributed by atoms with Crippen LogP contribution in [0.3, 0.4) is 0 Å². The molecule has 0 bridgehead atoms. The Morgan fingerprint density at radius 1 is 0.607 bits per heavy atom. The Bertz CT molecular complexity index is 803. The first-order chi connectivity index (χ1) is 13.3. The third-order valence-corrected chi connectivity index (χ3v) is 3.85. The third-order valence-electron chi connectivity index (χ3n) is 3.03. The molecule has 2 unspecified atom stereocenters. The molecule has 150 valence electrons. The van der Waals surface area contributed by atoms with Crippen LogP contribution >= 0.6 is 0 Å². The number of carbonyl (C=O) groups excluding carboxylic acids is 2. The number of nitrogens with one attached hydrogen (secondary N) is 6. The molecule has 0 radical (unpaired) electrons. The van der Waals surface area contributed by atoms with E-state index in [9.17, 15) is 18.0 Å². The molecule has 2 aromatic rings. The standard InChI is InChI=1S/C14H16N6O6S2/c21-13(17-15-9-1-5-11(6-2-9)19-27(23)24)14(22)18-16-10-3-7-12(8-4-10)20-28(25)26/h1-8,15-16,19-20H,(H,17,21)(H,18,22)(H,23,24)(H,25,26). The van der Waals surface area contributed by atoms with Crippen molar-refractivity contribution in [2.75, 3.05) is 20.3 Å². The van der Waals surface area contributed by atoms with Crippen LogP contribution in [0.2, 0.25) is 0 Å². The number of rotatable bonds is 8. The molecule has 2 aromatic carbocycles. The molecule has 0 aliphatic carbocycles. The molecule has 14 heteroatoms. The number of hydrazine groups is 2. The Labute approximate surface area is 164 Å². The zero-order chi connectivity index (χ0) is 20.5. The first-order valence-corrected chi connectivity index (χ1v) is 9.62. The Balaban J connectivity index is 1.77. The van der Waals surface area contributed by atoms with Crippen molar-refractivity contribution < 1.29 is 27.1 Å². The van der Waals surface area contributed by atoms with Gasteiger partial charge in [-0.05, 0) is 48.5 Å². The fraction of sp³-hybridized carbons (Fsp3) is 0. The molecule has 2 amide bonds. The molecule has 0 aromatic heterocycles. The Hall–Kier alpha value is -3.20. The van der Waals surface area contributed by atoms with Gasteiger partial charge in [0.2, 0.25) is 0 Å². The minimum absolute atomic E-state index is 0.395. The lowest BCUT2D eigenvalue weighted by atomic mass is 10.3. The predicted octanol–water partition coefficient (Wildman–Crippen LogP) is 0.370. The predicted molar refractivity (Wildman–Crippen MR) is 105 cm³/mol. The van der Waals surface area contributed by atoms with Crippen molar-refractivity contribution in [1.82, 2.24) is 10.9 Å². The van der Waals surface area contributed by atoms with Gasteiger partial charge in [0, 0.05) is 11.4 Å². The monoisotopic (exact) mass is 428 g/mol. The second-order valence-electron chi connectivity index (χ2n) is 5.02. The smallest absolute Gasteiger partial charge is 0.298 e. The minimum Gasteiger partial charge on any atom is -0.298 e. The Morgan fingerprint density at radius 2 is 0.893 bits per heavy atom. The number of amides is 2. The number of benzene rings is 2. The van der Waals surface area contributed by atoms with E-state index in [0.717, 1.165) is 0 Å². The number of carbonyl (C=O) groups is 2. The largest absolute Gasteiger partial charge is 0.329 e. The average Bonchev–Trinajstić information content (AvgIpc) is 2.65. The molecule has 0 saturated heterocycles. The van der Waals surface area contributed by atoms with Gasteiger partial charge >= 0.3 is 11.8 Å². The fourth-order valence-electron chi connectivity index (χ4n) is 1.82. The van der Waals surface area contributed by atoms with E-state index in [1.807, 2.05) is 0 Å². The van der Waals surface area contributed by atoms with E-state index in [1.54, 1.807) is 0 Å². The van der Waals surface area contributed by atoms with Crippen molar-refractivity contribution in [2.45, 2.75) is 0 Å². The van der Waals surface area contributed by atoms with Crippen LogP contribution in [0.1, 0.15) is 0 Å². The van der Waals surface area contributed by atoms with E-state index in [-0.39, 0.29) is 0 Å². The molecule has 0 spiro atoms. The highest BCUT2D eigenvalue weighted by Gasteiger charge is 2.12. The van der Waals surface area contributed by atoms with E-state index in [0.29, 0.717) is 22.7 Å². The van der Waals surface area contributed by atoms with Gasteiger partial charge in [-0.2, -0.15) is 0 Å². The van der Waals surface area contributed by atoms with E-state index >= 15 is 0 Å². The molecule has 12 nitrogen and oxygen atoms in total. The van der Waals surface area contributed by atoms with E-state index in [1.165, 1.54) is 48.5 Å². The Morgan fingerprint density at radius 3 is 1.18 bits per heavy atom. The number of anilines is 4. The van der Waals surface area contributed by atoms with Crippen LogP contribution in [0, 0.1) is 0 Å². The topological polar surface area (TPSA) is 181 Å². The first-order valence-electron chi connectivity index (χ1n) is 7.41. The van der Waals surface area contributed by atoms with E-state index in [2.05, 4.69) is 31.1 Å². The van der Waals surface area contributed by atoms with Gasteiger partial charge in [0.1, 0.15) is 0 Å². The van der Waals surface area contributed by atoms with Crippen LogP contribution in [0.4, 0.5) is 22.7 Å². The highest BCUT2D eigenvalue weighted by molar-refractivity contribution is 7.80. The van der Waals surface area contributed by atoms with Crippen molar-refractivity contribution in [3.63, 3.8) is 0 Å². The molecule has 28 heavy (non-hydrogen) atoms. The summed E-state index contributed by atoms with van der Waals surface area (Å²) in [6.45, 7) is 0. The molecule has 0 aliphatic heterocycles. The lowest BCUT2D eigenvalue weighted by Gasteiger charge is -2.11. The summed E-state index contributed by atoms with van der Waals surface area (Å²) >= 11 is -4.38. The Kier molecular flexibility index (Phi) is 7.70. The summed E-state index contributed by atoms with van der Waals surface area (Å²) in [6, 6.07) is 12.0. The van der Waals surface area contributed by atoms with Gasteiger partial charge in [0.05, 0.1) is 11.4 Å². The molecule has 0 aliphatic rings. The highest BCUT2D eigenvalue weighted by atomic mass is 32.2. The summed E-state index contributed by atoms with van der Waals surface area (Å²) in [5.74, 6) is -1.94. The van der Waals surface area contributed by atoms with Crippen LogP contribution in [0.5, 0.6) is 0 Å². The number of hydrogen-bond acceptors (Lipinski definition) is 6. The van der Waals surface area contributed by atoms with Gasteiger partial charge in [-0.3, -0.25) is 49.8 Å². The van der Waals surface area contributed by atoms with E-state index < -0.39 is 34.3 Å². The maximum absolute atomic E-state index is 11.7. The second-order valence-corrected chi connectivity index (χ2v) is 6.42. The summed E-state index contributed by atoms with van der Waals surface area (Å²) in [6.07, 6.45) is 0. The van der Waals surface area contributed by atoms with Crippen LogP contribution in [-0.2, 0) is 32.1 Å². The quantitative estimate of drug-likeness (QED) is 0.169. The first kappa shape index (κ1) is 21.1. The average molecular weight is 428 g/mol. The van der Waals surface area contributed by atoms with Crippen molar-refractivity contribution in [3.05, 3.63) is 48.5 Å². The lowest BCUT2D eigenvalue weighted by Crippen LogP contribution is -2.44. The molecule has 2 rings (SSSR count). The van der Waals surface area contributed by atoms with Crippen molar-refractivity contribution >= 4 is 57.1 Å². The summed E-state index contributed by atoms with van der Waals surface area (Å²) in [5.41, 5.74) is 11.1. The fourth-order valence-corrected chi connectivity index (χ4v) is 2.49. The summed E-state index contributed by atoms with van der Waals surface area (Å²) < 4.78 is 43.2. The minimum atomic E-state index is -2.19. The van der Waals surface area contributed by atoms with Gasteiger partial charge in [-0.25, -0.2) is 8.42 Å². The van der Waals surface area contributed by atoms with E-state index in [4.69, 9.17) is 9.11 Å². The second kappa shape index (κ2) is 10.2. The molecule has 8 N–H and O–H groups in total. The summed E-state index contributed by atoms with van der Waals surface area (Å²) in [4.78, 5) is 23.5. The zero-order valence-corrected chi connectivity index (χ0v) is 15.6. The van der Waals surface area contributed by atoms with Crippen molar-refractivity contribution in [2.24, 2.45) is 0 Å². The molecular weight excluding hydrogens is 412 g/mol. The third kappa shape index (κ3) is 7.20. The SMILES string of the molecule is O=C(NNc1ccc(NS(=O)O)cc1)C(=O)NNc1ccc(NS(=O)O)cc1. The van der Waals surface area contributed by atoms with Gasteiger partial charge < -0.3 is 0 Å². The number of hydrogen-bond donors (Lipinski definition) is 8. The molecule has 0 saturated carbocycles. The molecule has 2 atom stereocenters. The molecular formula is C14H16N6O6S2. The van der Waals surface area contributed by atoms with Crippen LogP contribution in [0.15, 0.2) is 48.5 Å². The van der Waals surface area contributed by atoms with Gasteiger partial charge in [-0.15, -0.1) is 0 Å². The van der Waals surface area contributed by atoms with Crippen molar-refractivity contribution in [1.29, 1.82) is 0 Å². The van der Waals surface area contributed by atoms with Gasteiger partial charge in [-0.1, -0.05) is 0 Å². The normalized spacial score (nSPS) is 12.2. The van der Waals surface area contributed by atoms with Crippen LogP contribution in [0.25, 0.3) is 0 Å². The maximum Gasteiger partial charge on any atom is 0.329 e. The van der Waals surface area contributed by atoms with Gasteiger partial charge in [0.25, 0.3) is 22.5 Å². The van der Waals surface area contributed by atoms with Crippen molar-refractivity contribution in [3.8, 4) is 0 Å². The molecule has 0 fully saturated rings.